The molecule has 0 bridgehead atoms. The van der Waals surface area contributed by atoms with Crippen molar-refractivity contribution in [1.82, 2.24) is 0 Å². The number of hydrogen-bond donors (Lipinski definition) is 2. The summed E-state index contributed by atoms with van der Waals surface area (Å²) < 4.78 is 31.6. The van der Waals surface area contributed by atoms with E-state index in [4.69, 9.17) is 16.2 Å². The van der Waals surface area contributed by atoms with Gasteiger partial charge in [0.25, 0.3) is 10.1 Å². The van der Waals surface area contributed by atoms with Crippen molar-refractivity contribution in [3.8, 4) is 5.75 Å². The van der Waals surface area contributed by atoms with Gasteiger partial charge in [0.15, 0.2) is 0 Å². The van der Waals surface area contributed by atoms with Crippen LogP contribution in [0.3, 0.4) is 0 Å². The molecule has 25 heavy (non-hydrogen) atoms. The first-order valence-corrected chi connectivity index (χ1v) is 8.57. The Labute approximate surface area is 192 Å². The molecule has 126 valence electrons. The Balaban J connectivity index is 0.00000225. The molecule has 3 aromatic carbocycles. The van der Waals surface area contributed by atoms with Gasteiger partial charge in [-0.1, -0.05) is 35.9 Å². The number of azo groups is 1. The van der Waals surface area contributed by atoms with Gasteiger partial charge in [-0.05, 0) is 35.7 Å². The third-order valence-electron chi connectivity index (χ3n) is 3.35. The van der Waals surface area contributed by atoms with Gasteiger partial charge in [-0.2, -0.15) is 8.42 Å². The Bertz CT molecular complexity index is 1080. The molecule has 0 saturated heterocycles. The second-order valence-electron chi connectivity index (χ2n) is 4.94. The quantitative estimate of drug-likeness (QED) is 0.308. The fourth-order valence-corrected chi connectivity index (χ4v) is 2.87. The van der Waals surface area contributed by atoms with Gasteiger partial charge in [0, 0.05) is 5.39 Å². The molecule has 0 aliphatic rings. The van der Waals surface area contributed by atoms with E-state index in [1.54, 1.807) is 24.3 Å². The summed E-state index contributed by atoms with van der Waals surface area (Å²) in [7, 11) is -4.31. The van der Waals surface area contributed by atoms with E-state index in [2.05, 4.69) is 10.2 Å². The van der Waals surface area contributed by atoms with Crippen LogP contribution in [-0.2, 0) is 10.1 Å². The zero-order valence-electron chi connectivity index (χ0n) is 14.8. The van der Waals surface area contributed by atoms with E-state index in [9.17, 15) is 13.5 Å². The first-order valence-electron chi connectivity index (χ1n) is 6.76. The summed E-state index contributed by atoms with van der Waals surface area (Å²) in [5, 5.41) is 19.5. The maximum atomic E-state index is 11.2. The normalized spacial score (nSPS) is 11.6. The van der Waals surface area contributed by atoms with Crippen molar-refractivity contribution in [1.29, 1.82) is 0 Å². The number of aromatic hydroxyl groups is 1. The molecule has 0 unspecified atom stereocenters. The molecule has 0 aromatic heterocycles. The Morgan fingerprint density at radius 1 is 1.00 bits per heavy atom. The number of benzene rings is 3. The monoisotopic (exact) mass is 502 g/mol. The first-order chi connectivity index (χ1) is 11.4. The van der Waals surface area contributed by atoms with E-state index < -0.39 is 10.1 Å². The smallest absolute Gasteiger partial charge is 1.00 e. The zero-order valence-corrected chi connectivity index (χ0v) is 18.8. The van der Waals surface area contributed by atoms with Gasteiger partial charge in [-0.3, -0.25) is 4.55 Å². The molecule has 0 aliphatic heterocycles. The van der Waals surface area contributed by atoms with Crippen molar-refractivity contribution in [2.75, 3.05) is 0 Å². The molecule has 0 heterocycles. The van der Waals surface area contributed by atoms with Crippen LogP contribution in [0.5, 0.6) is 5.75 Å². The SMILES string of the molecule is O=S(=O)(O)c1ccc2c(N=Nc3ccccc3Cl)c(O)ccc2c1.[Ba+2].[H-].[H-]. The van der Waals surface area contributed by atoms with Crippen LogP contribution in [0.2, 0.25) is 5.02 Å². The third-order valence-corrected chi connectivity index (χ3v) is 4.52. The molecule has 0 spiro atoms. The van der Waals surface area contributed by atoms with Gasteiger partial charge >= 0.3 is 48.9 Å². The molecule has 6 nitrogen and oxygen atoms in total. The van der Waals surface area contributed by atoms with E-state index in [-0.39, 0.29) is 68.1 Å². The maximum Gasteiger partial charge on any atom is 2.00 e. The van der Waals surface area contributed by atoms with Crippen molar-refractivity contribution in [2.24, 2.45) is 10.2 Å². The molecule has 0 aliphatic carbocycles. The molecule has 3 aromatic rings. The van der Waals surface area contributed by atoms with E-state index in [1.807, 2.05) is 0 Å². The number of phenols is 1. The van der Waals surface area contributed by atoms with Crippen LogP contribution in [0.4, 0.5) is 11.4 Å². The van der Waals surface area contributed by atoms with Gasteiger partial charge in [-0.15, -0.1) is 10.2 Å². The summed E-state index contributed by atoms with van der Waals surface area (Å²) in [5.74, 6) is -0.113. The van der Waals surface area contributed by atoms with Crippen LogP contribution in [0.1, 0.15) is 2.85 Å². The van der Waals surface area contributed by atoms with E-state index in [0.29, 0.717) is 21.5 Å². The van der Waals surface area contributed by atoms with Crippen molar-refractivity contribution >= 4 is 92.7 Å². The summed E-state index contributed by atoms with van der Waals surface area (Å²) in [6.45, 7) is 0. The van der Waals surface area contributed by atoms with Crippen LogP contribution in [0.25, 0.3) is 10.8 Å². The largest absolute Gasteiger partial charge is 2.00 e. The van der Waals surface area contributed by atoms with Crippen molar-refractivity contribution in [3.63, 3.8) is 0 Å². The first kappa shape index (κ1) is 20.4. The van der Waals surface area contributed by atoms with Crippen molar-refractivity contribution < 1.29 is 20.9 Å². The summed E-state index contributed by atoms with van der Waals surface area (Å²) in [5.41, 5.74) is 0.611. The summed E-state index contributed by atoms with van der Waals surface area (Å²) in [4.78, 5) is -0.241. The molecule has 3 rings (SSSR count). The maximum absolute atomic E-state index is 11.2. The molecule has 0 fully saturated rings. The molecule has 9 heteroatoms. The van der Waals surface area contributed by atoms with Gasteiger partial charge in [0.05, 0.1) is 9.92 Å². The molecule has 0 radical (unpaired) electrons. The fraction of sp³-hybridized carbons (Fsp3) is 0. The molecule has 0 amide bonds. The number of rotatable bonds is 3. The Morgan fingerprint density at radius 3 is 2.40 bits per heavy atom. The van der Waals surface area contributed by atoms with Crippen LogP contribution in [0, 0.1) is 0 Å². The number of hydrogen-bond acceptors (Lipinski definition) is 5. The van der Waals surface area contributed by atoms with Crippen LogP contribution < -0.4 is 0 Å². The predicted octanol–water partition coefficient (Wildman–Crippen LogP) is 4.71. The minimum absolute atomic E-state index is 0. The molecular weight excluding hydrogens is 489 g/mol. The molecule has 2 N–H and O–H groups in total. The van der Waals surface area contributed by atoms with Gasteiger partial charge in [-0.25, -0.2) is 0 Å². The van der Waals surface area contributed by atoms with E-state index in [1.165, 1.54) is 30.3 Å². The van der Waals surface area contributed by atoms with Crippen LogP contribution in [0.15, 0.2) is 69.7 Å². The average molecular weight is 502 g/mol. The molecule has 0 saturated carbocycles. The predicted molar refractivity (Wildman–Crippen MR) is 99.0 cm³/mol. The summed E-state index contributed by atoms with van der Waals surface area (Å²) in [6, 6.07) is 13.7. The standard InChI is InChI=1S/C16H11ClN2O4S.Ba.2H/c17-13-3-1-2-4-14(13)18-19-16-12-7-6-11(24(21,22)23)9-10(12)5-8-15(16)20;;;/h1-9,20H,(H,21,22,23);;;/q;+2;2*-1. The minimum Gasteiger partial charge on any atom is -1.00 e. The van der Waals surface area contributed by atoms with Crippen LogP contribution >= 0.6 is 11.6 Å². The summed E-state index contributed by atoms with van der Waals surface area (Å²) in [6.07, 6.45) is 0. The number of nitrogens with zero attached hydrogens (tertiary/aromatic N) is 2. The Hall–Kier alpha value is -0.909. The topological polar surface area (TPSA) is 99.3 Å². The molecule has 0 atom stereocenters. The Morgan fingerprint density at radius 2 is 1.72 bits per heavy atom. The fourth-order valence-electron chi connectivity index (χ4n) is 2.18. The van der Waals surface area contributed by atoms with Gasteiger partial charge < -0.3 is 7.96 Å². The number of phenolic OH excluding ortho intramolecular Hbond substituents is 1. The third kappa shape index (κ3) is 4.63. The molecular formula is C16H13BaClN2O4S. The minimum atomic E-state index is -4.31. The Kier molecular flexibility index (Phi) is 6.69. The zero-order chi connectivity index (χ0) is 17.3. The van der Waals surface area contributed by atoms with E-state index >= 15 is 0 Å². The average Bonchev–Trinajstić information content (AvgIpc) is 2.54. The van der Waals surface area contributed by atoms with E-state index in [0.717, 1.165) is 0 Å². The van der Waals surface area contributed by atoms with Crippen molar-refractivity contribution in [2.45, 2.75) is 4.90 Å². The summed E-state index contributed by atoms with van der Waals surface area (Å²) >= 11 is 6.01. The number of fused-ring (bicyclic) bond motifs is 1. The van der Waals surface area contributed by atoms with Crippen molar-refractivity contribution in [3.05, 3.63) is 59.6 Å². The number of halogens is 1. The van der Waals surface area contributed by atoms with Crippen LogP contribution in [-0.4, -0.2) is 67.0 Å². The van der Waals surface area contributed by atoms with Gasteiger partial charge in [0.1, 0.15) is 17.1 Å². The second kappa shape index (κ2) is 8.19. The second-order valence-corrected chi connectivity index (χ2v) is 6.77. The van der Waals surface area contributed by atoms with Gasteiger partial charge in [0.2, 0.25) is 0 Å².